The molecule has 2 aromatic carbocycles. The maximum absolute atomic E-state index is 12.4. The van der Waals surface area contributed by atoms with Gasteiger partial charge in [0.05, 0.1) is 25.8 Å². The van der Waals surface area contributed by atoms with E-state index in [9.17, 15) is 8.42 Å². The second-order valence-electron chi connectivity index (χ2n) is 4.52. The largest absolute Gasteiger partial charge is 0.398 e. The van der Waals surface area contributed by atoms with Gasteiger partial charge in [-0.05, 0) is 30.3 Å². The van der Waals surface area contributed by atoms with Gasteiger partial charge >= 0.3 is 0 Å². The predicted molar refractivity (Wildman–Crippen MR) is 86.4 cm³/mol. The number of hydrogen-bond donors (Lipinski definition) is 1. The van der Waals surface area contributed by atoms with E-state index in [0.29, 0.717) is 10.7 Å². The Bertz CT molecular complexity index is 887. The molecular formula is C14H11ClN2O2S2. The van der Waals surface area contributed by atoms with Gasteiger partial charge in [-0.2, -0.15) is 0 Å². The monoisotopic (exact) mass is 338 g/mol. The van der Waals surface area contributed by atoms with Crippen LogP contribution in [0.2, 0.25) is 5.02 Å². The molecule has 0 amide bonds. The van der Waals surface area contributed by atoms with E-state index in [1.807, 2.05) is 24.3 Å². The molecule has 0 spiro atoms. The van der Waals surface area contributed by atoms with Gasteiger partial charge in [0, 0.05) is 0 Å². The van der Waals surface area contributed by atoms with E-state index in [-0.39, 0.29) is 15.7 Å². The number of anilines is 1. The summed E-state index contributed by atoms with van der Waals surface area (Å²) in [5.74, 6) is -0.146. The fourth-order valence-electron chi connectivity index (χ4n) is 1.93. The summed E-state index contributed by atoms with van der Waals surface area (Å²) < 4.78 is 25.8. The van der Waals surface area contributed by atoms with Crippen LogP contribution in [-0.2, 0) is 15.6 Å². The number of nitrogen functional groups attached to an aromatic ring is 1. The van der Waals surface area contributed by atoms with Crippen LogP contribution in [0.1, 0.15) is 5.01 Å². The van der Waals surface area contributed by atoms with Gasteiger partial charge in [-0.15, -0.1) is 11.3 Å². The standard InChI is InChI=1S/C14H11ClN2O2S2/c15-10-7-9(5-6-11(10)16)21(18,19)8-14-17-12-3-1-2-4-13(12)20-14/h1-7H,8,16H2. The van der Waals surface area contributed by atoms with Crippen LogP contribution in [0.3, 0.4) is 0 Å². The highest BCUT2D eigenvalue weighted by Gasteiger charge is 2.19. The van der Waals surface area contributed by atoms with E-state index in [0.717, 1.165) is 10.2 Å². The van der Waals surface area contributed by atoms with E-state index in [4.69, 9.17) is 17.3 Å². The van der Waals surface area contributed by atoms with Gasteiger partial charge in [0.25, 0.3) is 0 Å². The number of fused-ring (bicyclic) bond motifs is 1. The van der Waals surface area contributed by atoms with Crippen molar-refractivity contribution in [1.29, 1.82) is 0 Å². The average molecular weight is 339 g/mol. The zero-order valence-electron chi connectivity index (χ0n) is 10.8. The minimum absolute atomic E-state index is 0.146. The van der Waals surface area contributed by atoms with Gasteiger partial charge < -0.3 is 5.73 Å². The molecule has 1 heterocycles. The smallest absolute Gasteiger partial charge is 0.184 e. The lowest BCUT2D eigenvalue weighted by atomic mass is 10.3. The molecule has 108 valence electrons. The van der Waals surface area contributed by atoms with Crippen LogP contribution in [0.5, 0.6) is 0 Å². The Morgan fingerprint density at radius 2 is 1.95 bits per heavy atom. The highest BCUT2D eigenvalue weighted by molar-refractivity contribution is 7.90. The minimum atomic E-state index is -3.49. The molecule has 0 aliphatic carbocycles. The first-order chi connectivity index (χ1) is 9.95. The summed E-state index contributed by atoms with van der Waals surface area (Å²) >= 11 is 7.26. The number of para-hydroxylation sites is 1. The summed E-state index contributed by atoms with van der Waals surface area (Å²) in [5, 5.41) is 0.796. The summed E-state index contributed by atoms with van der Waals surface area (Å²) in [7, 11) is -3.49. The molecule has 7 heteroatoms. The van der Waals surface area contributed by atoms with Crippen molar-refractivity contribution in [1.82, 2.24) is 4.98 Å². The summed E-state index contributed by atoms with van der Waals surface area (Å²) in [5.41, 5.74) is 6.76. The molecule has 0 radical (unpaired) electrons. The number of sulfone groups is 1. The molecule has 2 N–H and O–H groups in total. The second-order valence-corrected chi connectivity index (χ2v) is 8.03. The van der Waals surface area contributed by atoms with Crippen molar-refractivity contribution in [2.45, 2.75) is 10.6 Å². The summed E-state index contributed by atoms with van der Waals surface area (Å²) in [6.45, 7) is 0. The molecular weight excluding hydrogens is 328 g/mol. The second kappa shape index (κ2) is 5.29. The number of hydrogen-bond acceptors (Lipinski definition) is 5. The zero-order valence-corrected chi connectivity index (χ0v) is 13.2. The van der Waals surface area contributed by atoms with Crippen molar-refractivity contribution >= 4 is 48.7 Å². The summed E-state index contributed by atoms with van der Waals surface area (Å²) in [6, 6.07) is 11.9. The number of thiazole rings is 1. The molecule has 0 unspecified atom stereocenters. The van der Waals surface area contributed by atoms with Crippen LogP contribution in [0.25, 0.3) is 10.2 Å². The molecule has 0 saturated carbocycles. The first-order valence-corrected chi connectivity index (χ1v) is 8.92. The van der Waals surface area contributed by atoms with Crippen molar-refractivity contribution in [2.24, 2.45) is 0 Å². The van der Waals surface area contributed by atoms with Crippen LogP contribution >= 0.6 is 22.9 Å². The lowest BCUT2D eigenvalue weighted by Gasteiger charge is -2.04. The Labute approximate surface area is 131 Å². The molecule has 0 aliphatic rings. The normalized spacial score (nSPS) is 11.9. The van der Waals surface area contributed by atoms with E-state index < -0.39 is 9.84 Å². The molecule has 0 aliphatic heterocycles. The molecule has 0 bridgehead atoms. The highest BCUT2D eigenvalue weighted by atomic mass is 35.5. The van der Waals surface area contributed by atoms with Crippen molar-refractivity contribution < 1.29 is 8.42 Å². The van der Waals surface area contributed by atoms with Crippen LogP contribution in [-0.4, -0.2) is 13.4 Å². The summed E-state index contributed by atoms with van der Waals surface area (Å²) in [6.07, 6.45) is 0. The van der Waals surface area contributed by atoms with E-state index in [2.05, 4.69) is 4.98 Å². The highest BCUT2D eigenvalue weighted by Crippen LogP contribution is 2.27. The van der Waals surface area contributed by atoms with Crippen LogP contribution < -0.4 is 5.73 Å². The topological polar surface area (TPSA) is 73.1 Å². The van der Waals surface area contributed by atoms with Crippen LogP contribution in [0.4, 0.5) is 5.69 Å². The molecule has 21 heavy (non-hydrogen) atoms. The number of rotatable bonds is 3. The number of nitrogens with two attached hydrogens (primary N) is 1. The third-order valence-electron chi connectivity index (χ3n) is 2.98. The van der Waals surface area contributed by atoms with E-state index in [1.54, 1.807) is 0 Å². The van der Waals surface area contributed by atoms with Gasteiger partial charge in [-0.25, -0.2) is 13.4 Å². The third kappa shape index (κ3) is 2.88. The first-order valence-electron chi connectivity index (χ1n) is 6.08. The Morgan fingerprint density at radius 1 is 1.19 bits per heavy atom. The summed E-state index contributed by atoms with van der Waals surface area (Å²) in [4.78, 5) is 4.50. The zero-order chi connectivity index (χ0) is 15.0. The third-order valence-corrected chi connectivity index (χ3v) is 6.15. The Kier molecular flexibility index (Phi) is 3.61. The number of halogens is 1. The number of nitrogens with zero attached hydrogens (tertiary/aromatic N) is 1. The maximum Gasteiger partial charge on any atom is 0.184 e. The molecule has 0 saturated heterocycles. The number of aromatic nitrogens is 1. The van der Waals surface area contributed by atoms with Gasteiger partial charge in [0.15, 0.2) is 9.84 Å². The Morgan fingerprint density at radius 3 is 2.67 bits per heavy atom. The van der Waals surface area contributed by atoms with Gasteiger partial charge in [-0.1, -0.05) is 23.7 Å². The van der Waals surface area contributed by atoms with Gasteiger partial charge in [0.1, 0.15) is 10.8 Å². The Balaban J connectivity index is 1.96. The van der Waals surface area contributed by atoms with Crippen molar-refractivity contribution in [3.8, 4) is 0 Å². The molecule has 0 fully saturated rings. The predicted octanol–water partition coefficient (Wildman–Crippen LogP) is 3.51. The molecule has 4 nitrogen and oxygen atoms in total. The van der Waals surface area contributed by atoms with E-state index in [1.165, 1.54) is 29.5 Å². The fourth-order valence-corrected chi connectivity index (χ4v) is 4.77. The minimum Gasteiger partial charge on any atom is -0.398 e. The first kappa shape index (κ1) is 14.3. The molecule has 3 aromatic rings. The van der Waals surface area contributed by atoms with Crippen LogP contribution in [0, 0.1) is 0 Å². The van der Waals surface area contributed by atoms with Crippen molar-refractivity contribution in [3.63, 3.8) is 0 Å². The van der Waals surface area contributed by atoms with Crippen molar-refractivity contribution in [3.05, 3.63) is 52.5 Å². The van der Waals surface area contributed by atoms with Crippen LogP contribution in [0.15, 0.2) is 47.4 Å². The van der Waals surface area contributed by atoms with Gasteiger partial charge in [-0.3, -0.25) is 0 Å². The SMILES string of the molecule is Nc1ccc(S(=O)(=O)Cc2nc3ccccc3s2)cc1Cl. The molecule has 3 rings (SSSR count). The molecule has 1 aromatic heterocycles. The Hall–Kier alpha value is -1.63. The lowest BCUT2D eigenvalue weighted by Crippen LogP contribution is -2.05. The average Bonchev–Trinajstić information content (AvgIpc) is 2.82. The quantitative estimate of drug-likeness (QED) is 0.742. The van der Waals surface area contributed by atoms with Crippen molar-refractivity contribution in [2.75, 3.05) is 5.73 Å². The maximum atomic E-state index is 12.4. The fraction of sp³-hybridized carbons (Fsp3) is 0.0714. The molecule has 0 atom stereocenters. The van der Waals surface area contributed by atoms with E-state index >= 15 is 0 Å². The van der Waals surface area contributed by atoms with Gasteiger partial charge in [0.2, 0.25) is 0 Å². The number of benzene rings is 2. The lowest BCUT2D eigenvalue weighted by molar-refractivity contribution is 0.595.